The number of hydrazine groups is 1. The lowest BCUT2D eigenvalue weighted by atomic mass is 10.2. The Balaban J connectivity index is 2.26. The van der Waals surface area contributed by atoms with Crippen LogP contribution in [0.3, 0.4) is 0 Å². The van der Waals surface area contributed by atoms with E-state index < -0.39 is 0 Å². The van der Waals surface area contributed by atoms with Gasteiger partial charge in [-0.15, -0.1) is 0 Å². The van der Waals surface area contributed by atoms with Gasteiger partial charge in [0.25, 0.3) is 0 Å². The molecule has 0 radical (unpaired) electrons. The highest BCUT2D eigenvalue weighted by Crippen LogP contribution is 2.33. The van der Waals surface area contributed by atoms with E-state index in [1.165, 1.54) is 19.2 Å². The molecule has 0 saturated heterocycles. The number of nitrogens with zero attached hydrogens (tertiary/aromatic N) is 4. The highest BCUT2D eigenvalue weighted by molar-refractivity contribution is 5.58. The van der Waals surface area contributed by atoms with Crippen LogP contribution in [0, 0.1) is 18.3 Å². The van der Waals surface area contributed by atoms with Crippen LogP contribution in [0.15, 0.2) is 6.33 Å². The Hall–Kier alpha value is -1.87. The first kappa shape index (κ1) is 11.6. The van der Waals surface area contributed by atoms with E-state index in [0.717, 1.165) is 11.4 Å². The van der Waals surface area contributed by atoms with Crippen LogP contribution in [0.5, 0.6) is 0 Å². The molecule has 3 N–H and O–H groups in total. The molecule has 6 nitrogen and oxygen atoms in total. The van der Waals surface area contributed by atoms with Crippen LogP contribution in [0.2, 0.25) is 0 Å². The second-order valence-electron chi connectivity index (χ2n) is 4.15. The summed E-state index contributed by atoms with van der Waals surface area (Å²) in [5, 5.41) is 8.69. The van der Waals surface area contributed by atoms with Crippen LogP contribution < -0.4 is 16.2 Å². The second-order valence-corrected chi connectivity index (χ2v) is 4.15. The van der Waals surface area contributed by atoms with Crippen LogP contribution >= 0.6 is 0 Å². The molecule has 90 valence electrons. The van der Waals surface area contributed by atoms with E-state index in [1.807, 2.05) is 6.92 Å². The summed E-state index contributed by atoms with van der Waals surface area (Å²) in [7, 11) is 0. The fourth-order valence-electron chi connectivity index (χ4n) is 1.89. The predicted molar refractivity (Wildman–Crippen MR) is 65.2 cm³/mol. The summed E-state index contributed by atoms with van der Waals surface area (Å²) < 4.78 is 0. The van der Waals surface area contributed by atoms with E-state index >= 15 is 0 Å². The fourth-order valence-corrected chi connectivity index (χ4v) is 1.89. The zero-order valence-corrected chi connectivity index (χ0v) is 9.85. The summed E-state index contributed by atoms with van der Waals surface area (Å²) in [5.41, 5.74) is 3.49. The minimum absolute atomic E-state index is 0.505. The summed E-state index contributed by atoms with van der Waals surface area (Å²) in [6.45, 7) is 2.65. The van der Waals surface area contributed by atoms with Crippen molar-refractivity contribution in [1.82, 2.24) is 9.97 Å². The summed E-state index contributed by atoms with van der Waals surface area (Å²) in [4.78, 5) is 10.6. The van der Waals surface area contributed by atoms with Crippen molar-refractivity contribution in [2.24, 2.45) is 5.84 Å². The smallest absolute Gasteiger partial charge is 0.148 e. The van der Waals surface area contributed by atoms with Crippen LogP contribution in [0.25, 0.3) is 0 Å². The maximum atomic E-state index is 8.69. The zero-order valence-electron chi connectivity index (χ0n) is 9.85. The molecule has 0 bridgehead atoms. The number of anilines is 2. The van der Waals surface area contributed by atoms with E-state index in [9.17, 15) is 0 Å². The lowest BCUT2D eigenvalue weighted by Gasteiger charge is -2.24. The van der Waals surface area contributed by atoms with E-state index in [2.05, 4.69) is 26.4 Å². The molecule has 0 amide bonds. The third-order valence-electron chi connectivity index (χ3n) is 2.92. The van der Waals surface area contributed by atoms with Crippen LogP contribution in [-0.4, -0.2) is 22.6 Å². The van der Waals surface area contributed by atoms with Crippen molar-refractivity contribution >= 4 is 11.6 Å². The van der Waals surface area contributed by atoms with Gasteiger partial charge in [-0.3, -0.25) is 0 Å². The number of nitriles is 1. The average Bonchev–Trinajstić information content (AvgIpc) is 3.16. The molecule has 1 aliphatic rings. The van der Waals surface area contributed by atoms with Crippen molar-refractivity contribution in [2.45, 2.75) is 32.2 Å². The van der Waals surface area contributed by atoms with Gasteiger partial charge in [0.1, 0.15) is 18.0 Å². The van der Waals surface area contributed by atoms with E-state index in [1.54, 1.807) is 0 Å². The highest BCUT2D eigenvalue weighted by Gasteiger charge is 2.31. The molecule has 0 atom stereocenters. The van der Waals surface area contributed by atoms with Crippen LogP contribution in [0.4, 0.5) is 11.6 Å². The molecule has 0 spiro atoms. The highest BCUT2D eigenvalue weighted by atomic mass is 15.3. The van der Waals surface area contributed by atoms with Gasteiger partial charge < -0.3 is 10.3 Å². The van der Waals surface area contributed by atoms with E-state index in [0.29, 0.717) is 24.8 Å². The van der Waals surface area contributed by atoms with Crippen LogP contribution in [0.1, 0.15) is 24.8 Å². The Labute approximate surface area is 100 Å². The number of nitrogen functional groups attached to an aromatic ring is 1. The number of rotatable bonds is 5. The van der Waals surface area contributed by atoms with Gasteiger partial charge in [0.2, 0.25) is 0 Å². The molecule has 1 aromatic rings. The fraction of sp³-hybridized carbons (Fsp3) is 0.545. The van der Waals surface area contributed by atoms with Gasteiger partial charge in [-0.2, -0.15) is 5.26 Å². The largest absolute Gasteiger partial charge is 0.352 e. The predicted octanol–water partition coefficient (Wildman–Crippen LogP) is 0.953. The SMILES string of the molecule is Cc1c(NN)ncnc1N(CCC#N)C1CC1. The van der Waals surface area contributed by atoms with Gasteiger partial charge in [0, 0.05) is 18.2 Å². The number of nitrogens with two attached hydrogens (primary N) is 1. The third kappa shape index (κ3) is 2.45. The minimum atomic E-state index is 0.505. The molecule has 6 heteroatoms. The molecule has 0 aromatic carbocycles. The van der Waals surface area contributed by atoms with Gasteiger partial charge in [0.05, 0.1) is 12.5 Å². The third-order valence-corrected chi connectivity index (χ3v) is 2.92. The van der Waals surface area contributed by atoms with E-state index in [-0.39, 0.29) is 0 Å². The molecule has 2 rings (SSSR count). The number of aromatic nitrogens is 2. The Morgan fingerprint density at radius 3 is 2.94 bits per heavy atom. The van der Waals surface area contributed by atoms with Crippen molar-refractivity contribution in [1.29, 1.82) is 5.26 Å². The molecular weight excluding hydrogens is 216 g/mol. The maximum absolute atomic E-state index is 8.69. The molecule has 0 aliphatic heterocycles. The second kappa shape index (κ2) is 4.97. The Morgan fingerprint density at radius 2 is 2.35 bits per heavy atom. The van der Waals surface area contributed by atoms with Gasteiger partial charge in [-0.1, -0.05) is 0 Å². The number of hydrogen-bond acceptors (Lipinski definition) is 6. The molecule has 1 heterocycles. The van der Waals surface area contributed by atoms with E-state index in [4.69, 9.17) is 11.1 Å². The lowest BCUT2D eigenvalue weighted by molar-refractivity contribution is 0.771. The molecule has 1 fully saturated rings. The van der Waals surface area contributed by atoms with Crippen LogP contribution in [-0.2, 0) is 0 Å². The Bertz CT molecular complexity index is 434. The molecule has 0 unspecified atom stereocenters. The first-order valence-electron chi connectivity index (χ1n) is 5.69. The van der Waals surface area contributed by atoms with Gasteiger partial charge in [0.15, 0.2) is 0 Å². The topological polar surface area (TPSA) is 90.9 Å². The first-order valence-corrected chi connectivity index (χ1v) is 5.69. The van der Waals surface area contributed by atoms with Crippen molar-refractivity contribution in [2.75, 3.05) is 16.9 Å². The summed E-state index contributed by atoms with van der Waals surface area (Å²) in [6.07, 6.45) is 4.34. The van der Waals surface area contributed by atoms with Crippen molar-refractivity contribution in [3.05, 3.63) is 11.9 Å². The maximum Gasteiger partial charge on any atom is 0.148 e. The molecular formula is C11H16N6. The van der Waals surface area contributed by atoms with Crippen molar-refractivity contribution < 1.29 is 0 Å². The summed E-state index contributed by atoms with van der Waals surface area (Å²) in [5.74, 6) is 6.92. The Kier molecular flexibility index (Phi) is 3.40. The lowest BCUT2D eigenvalue weighted by Crippen LogP contribution is -2.29. The summed E-state index contributed by atoms with van der Waals surface area (Å²) >= 11 is 0. The number of hydrogen-bond donors (Lipinski definition) is 2. The van der Waals surface area contributed by atoms with Gasteiger partial charge >= 0.3 is 0 Å². The zero-order chi connectivity index (χ0) is 12.3. The molecule has 1 aliphatic carbocycles. The minimum Gasteiger partial charge on any atom is -0.352 e. The van der Waals surface area contributed by atoms with Crippen molar-refractivity contribution in [3.63, 3.8) is 0 Å². The number of nitrogens with one attached hydrogen (secondary N) is 1. The van der Waals surface area contributed by atoms with Crippen molar-refractivity contribution in [3.8, 4) is 6.07 Å². The van der Waals surface area contributed by atoms with Gasteiger partial charge in [-0.05, 0) is 19.8 Å². The van der Waals surface area contributed by atoms with Gasteiger partial charge in [-0.25, -0.2) is 15.8 Å². The standard InChI is InChI=1S/C11H16N6/c1-8-10(16-13)14-7-15-11(8)17(6-2-5-12)9-3-4-9/h7,9H,2-4,6,13H2,1H3,(H,14,15,16). The molecule has 1 saturated carbocycles. The Morgan fingerprint density at radius 1 is 1.59 bits per heavy atom. The first-order chi connectivity index (χ1) is 8.27. The molecule has 1 aromatic heterocycles. The monoisotopic (exact) mass is 232 g/mol. The average molecular weight is 232 g/mol. The quantitative estimate of drug-likeness (QED) is 0.580. The summed E-state index contributed by atoms with van der Waals surface area (Å²) in [6, 6.07) is 2.69. The normalized spacial score (nSPS) is 14.2. The molecule has 17 heavy (non-hydrogen) atoms.